The van der Waals surface area contributed by atoms with Crippen LogP contribution in [0.1, 0.15) is 71.1 Å². The molecule has 0 aromatic rings. The number of rotatable bonds is 1. The van der Waals surface area contributed by atoms with E-state index in [-0.39, 0.29) is 30.3 Å². The van der Waals surface area contributed by atoms with E-state index in [0.29, 0.717) is 25.7 Å². The predicted octanol–water partition coefficient (Wildman–Crippen LogP) is 4.33. The highest BCUT2D eigenvalue weighted by atomic mass is 16.5. The number of allylic oxidation sites excluding steroid dienone is 3. The van der Waals surface area contributed by atoms with Gasteiger partial charge < -0.3 is 4.74 Å². The summed E-state index contributed by atoms with van der Waals surface area (Å²) >= 11 is 0. The molecule has 0 amide bonds. The number of ether oxygens (including phenoxy) is 1. The number of esters is 1. The van der Waals surface area contributed by atoms with Gasteiger partial charge in [0.1, 0.15) is 17.0 Å². The Balaban J connectivity index is 2.27. The average Bonchev–Trinajstić information content (AvgIpc) is 2.91. The van der Waals surface area contributed by atoms with Crippen molar-refractivity contribution >= 4 is 17.5 Å². The zero-order chi connectivity index (χ0) is 18.4. The van der Waals surface area contributed by atoms with E-state index in [1.54, 1.807) is 0 Å². The molecule has 2 aliphatic carbocycles. The predicted molar refractivity (Wildman–Crippen MR) is 97.0 cm³/mol. The lowest BCUT2D eigenvalue weighted by Crippen LogP contribution is -2.42. The second-order valence-electron chi connectivity index (χ2n) is 7.54. The van der Waals surface area contributed by atoms with Crippen molar-refractivity contribution in [3.05, 3.63) is 23.8 Å². The number of hydrogen-bond acceptors (Lipinski definition) is 4. The van der Waals surface area contributed by atoms with Crippen molar-refractivity contribution in [3.8, 4) is 0 Å². The minimum Gasteiger partial charge on any atom is -0.468 e. The highest BCUT2D eigenvalue weighted by Crippen LogP contribution is 2.47. The number of fused-ring (bicyclic) bond motifs is 1. The molecule has 138 valence electrons. The lowest BCUT2D eigenvalue weighted by molar-refractivity contribution is -0.160. The Labute approximate surface area is 150 Å². The standard InChI is InChI=1S/C21H30O4/c1-15-5-4-6-17-10-12-19(23)21(17,20(24)25-3)14-13-18(22)11-9-16(2)8-7-15/h5,17H,2,4,6-14H2,1,3H3/b15-5-/t17-,21-/m0/s1. The molecule has 0 spiro atoms. The number of hydrogen-bond donors (Lipinski definition) is 0. The molecule has 0 aromatic heterocycles. The monoisotopic (exact) mass is 346 g/mol. The van der Waals surface area contributed by atoms with Gasteiger partial charge in [-0.2, -0.15) is 0 Å². The minimum absolute atomic E-state index is 0.0257. The first-order chi connectivity index (χ1) is 11.9. The zero-order valence-electron chi connectivity index (χ0n) is 15.6. The van der Waals surface area contributed by atoms with Crippen LogP contribution in [-0.4, -0.2) is 24.6 Å². The van der Waals surface area contributed by atoms with Crippen LogP contribution < -0.4 is 0 Å². The SMILES string of the molecule is C=C1CCC(=O)CC[C@@]2(C(=O)OC)C(=O)CC[C@@H]2CC/C=C(/C)CC1. The second kappa shape index (κ2) is 8.59. The van der Waals surface area contributed by atoms with Crippen LogP contribution >= 0.6 is 0 Å². The fraction of sp³-hybridized carbons (Fsp3) is 0.667. The fourth-order valence-electron chi connectivity index (χ4n) is 4.21. The zero-order valence-corrected chi connectivity index (χ0v) is 15.6. The first kappa shape index (κ1) is 19.6. The molecule has 0 N–H and O–H groups in total. The van der Waals surface area contributed by atoms with Crippen molar-refractivity contribution < 1.29 is 19.1 Å². The number of carbonyl (C=O) groups is 3. The van der Waals surface area contributed by atoms with Crippen LogP contribution in [0.4, 0.5) is 0 Å². The van der Waals surface area contributed by atoms with Gasteiger partial charge in [0.05, 0.1) is 7.11 Å². The van der Waals surface area contributed by atoms with Crippen molar-refractivity contribution in [2.75, 3.05) is 7.11 Å². The van der Waals surface area contributed by atoms with Gasteiger partial charge in [-0.15, -0.1) is 0 Å². The van der Waals surface area contributed by atoms with E-state index < -0.39 is 11.4 Å². The molecule has 1 fully saturated rings. The Bertz CT molecular complexity index is 587. The molecule has 0 aliphatic heterocycles. The van der Waals surface area contributed by atoms with Gasteiger partial charge in [0.2, 0.25) is 0 Å². The molecule has 4 heteroatoms. The summed E-state index contributed by atoms with van der Waals surface area (Å²) < 4.78 is 5.01. The number of Topliss-reactive ketones (excluding diaryl/α,β-unsaturated/α-hetero) is 2. The molecule has 0 heterocycles. The van der Waals surface area contributed by atoms with Crippen LogP contribution in [-0.2, 0) is 19.1 Å². The van der Waals surface area contributed by atoms with Crippen LogP contribution in [0.5, 0.6) is 0 Å². The molecule has 2 rings (SSSR count). The summed E-state index contributed by atoms with van der Waals surface area (Å²) in [6.45, 7) is 6.17. The number of methoxy groups -OCH3 is 1. The summed E-state index contributed by atoms with van der Waals surface area (Å²) in [5.74, 6) is -0.422. The Hall–Kier alpha value is -1.71. The van der Waals surface area contributed by atoms with Crippen LogP contribution in [0, 0.1) is 11.3 Å². The molecule has 0 radical (unpaired) electrons. The minimum atomic E-state index is -1.12. The van der Waals surface area contributed by atoms with E-state index in [0.717, 1.165) is 31.3 Å². The van der Waals surface area contributed by atoms with Crippen molar-refractivity contribution in [2.45, 2.75) is 71.1 Å². The van der Waals surface area contributed by atoms with Crippen molar-refractivity contribution in [2.24, 2.45) is 11.3 Å². The van der Waals surface area contributed by atoms with Crippen molar-refractivity contribution in [3.63, 3.8) is 0 Å². The fourth-order valence-corrected chi connectivity index (χ4v) is 4.21. The van der Waals surface area contributed by atoms with E-state index in [2.05, 4.69) is 19.6 Å². The molecule has 0 aromatic carbocycles. The van der Waals surface area contributed by atoms with Crippen LogP contribution in [0.15, 0.2) is 23.8 Å². The smallest absolute Gasteiger partial charge is 0.319 e. The lowest BCUT2D eigenvalue weighted by Gasteiger charge is -2.31. The highest BCUT2D eigenvalue weighted by molar-refractivity contribution is 6.06. The largest absolute Gasteiger partial charge is 0.468 e. The Kier molecular flexibility index (Phi) is 6.74. The van der Waals surface area contributed by atoms with Gasteiger partial charge in [0.25, 0.3) is 0 Å². The summed E-state index contributed by atoms with van der Waals surface area (Å²) in [5.41, 5.74) is 1.28. The Morgan fingerprint density at radius 1 is 1.12 bits per heavy atom. The topological polar surface area (TPSA) is 60.4 Å². The summed E-state index contributed by atoms with van der Waals surface area (Å²) in [6.07, 6.45) is 8.54. The number of carbonyl (C=O) groups excluding carboxylic acids is 3. The van der Waals surface area contributed by atoms with Gasteiger partial charge in [0, 0.05) is 19.3 Å². The van der Waals surface area contributed by atoms with Crippen molar-refractivity contribution in [1.29, 1.82) is 0 Å². The van der Waals surface area contributed by atoms with Crippen molar-refractivity contribution in [1.82, 2.24) is 0 Å². The molecule has 2 atom stereocenters. The molecule has 0 saturated heterocycles. The normalized spacial score (nSPS) is 31.7. The van der Waals surface area contributed by atoms with E-state index in [1.165, 1.54) is 12.7 Å². The van der Waals surface area contributed by atoms with Gasteiger partial charge in [0.15, 0.2) is 0 Å². The molecule has 4 nitrogen and oxygen atoms in total. The Morgan fingerprint density at radius 2 is 1.84 bits per heavy atom. The maximum atomic E-state index is 12.7. The van der Waals surface area contributed by atoms with E-state index in [9.17, 15) is 14.4 Å². The summed E-state index contributed by atoms with van der Waals surface area (Å²) in [5, 5.41) is 0. The van der Waals surface area contributed by atoms with Crippen LogP contribution in [0.25, 0.3) is 0 Å². The molecular formula is C21H30O4. The summed E-state index contributed by atoms with van der Waals surface area (Å²) in [4.78, 5) is 37.5. The van der Waals surface area contributed by atoms with Gasteiger partial charge in [-0.3, -0.25) is 14.4 Å². The van der Waals surface area contributed by atoms with Gasteiger partial charge in [-0.25, -0.2) is 0 Å². The van der Waals surface area contributed by atoms with Crippen LogP contribution in [0.2, 0.25) is 0 Å². The maximum absolute atomic E-state index is 12.7. The van der Waals surface area contributed by atoms with Crippen LogP contribution in [0.3, 0.4) is 0 Å². The molecule has 2 aliphatic rings. The third-order valence-electron chi connectivity index (χ3n) is 5.90. The Morgan fingerprint density at radius 3 is 2.56 bits per heavy atom. The third kappa shape index (κ3) is 4.47. The molecule has 0 bridgehead atoms. The molecule has 25 heavy (non-hydrogen) atoms. The first-order valence-corrected chi connectivity index (χ1v) is 9.36. The number of ketones is 2. The quantitative estimate of drug-likeness (QED) is 0.403. The molecule has 0 unspecified atom stereocenters. The summed E-state index contributed by atoms with van der Waals surface area (Å²) in [6, 6.07) is 0. The average molecular weight is 346 g/mol. The maximum Gasteiger partial charge on any atom is 0.319 e. The van der Waals surface area contributed by atoms with E-state index >= 15 is 0 Å². The van der Waals surface area contributed by atoms with E-state index in [4.69, 9.17) is 4.74 Å². The van der Waals surface area contributed by atoms with Gasteiger partial charge in [-0.05, 0) is 57.8 Å². The summed E-state index contributed by atoms with van der Waals surface area (Å²) in [7, 11) is 1.33. The van der Waals surface area contributed by atoms with Gasteiger partial charge >= 0.3 is 5.97 Å². The highest BCUT2D eigenvalue weighted by Gasteiger charge is 2.55. The van der Waals surface area contributed by atoms with Gasteiger partial charge in [-0.1, -0.05) is 23.8 Å². The third-order valence-corrected chi connectivity index (χ3v) is 5.90. The molecule has 1 saturated carbocycles. The van der Waals surface area contributed by atoms with E-state index in [1.807, 2.05) is 0 Å². The lowest BCUT2D eigenvalue weighted by atomic mass is 9.71. The first-order valence-electron chi connectivity index (χ1n) is 9.36. The second-order valence-corrected chi connectivity index (χ2v) is 7.54. The molecular weight excluding hydrogens is 316 g/mol.